The average molecular weight is 636 g/mol. The molecule has 1 atom stereocenters. The van der Waals surface area contributed by atoms with Crippen LogP contribution in [0.4, 0.5) is 0 Å². The van der Waals surface area contributed by atoms with Crippen molar-refractivity contribution in [3.05, 3.63) is 139 Å². The average Bonchev–Trinajstić information content (AvgIpc) is 3.12. The number of allylic oxidation sites excluding steroid dienone is 1. The number of hydrogen-bond acceptors (Lipinski definition) is 9. The number of phenols is 2. The normalized spacial score (nSPS) is 14.2. The standard InChI is InChI=1S/C39H29N3O6/c43-34-19-16-28(46-25-10-4-1-5-11-25)22-31(34)37-40-38(32-23-29(17-20-35(32)44)47-26-12-6-2-7-13-26)42-39(41-37)33-24-30(18-21-36(33)45)48-27-14-8-3-9-15-27/h1-17,19-20,22-24,30,43-44H,18,21H2. The summed E-state index contributed by atoms with van der Waals surface area (Å²) in [5.74, 6) is 2.57. The van der Waals surface area contributed by atoms with Crippen molar-refractivity contribution in [2.75, 3.05) is 0 Å². The largest absolute Gasteiger partial charge is 0.507 e. The minimum Gasteiger partial charge on any atom is -0.507 e. The van der Waals surface area contributed by atoms with E-state index in [2.05, 4.69) is 15.0 Å². The van der Waals surface area contributed by atoms with Crippen molar-refractivity contribution >= 4 is 11.4 Å². The number of rotatable bonds is 9. The number of aromatic hydroxyl groups is 2. The van der Waals surface area contributed by atoms with Crippen LogP contribution in [-0.4, -0.2) is 37.1 Å². The molecule has 1 aliphatic carbocycles. The van der Waals surface area contributed by atoms with Crippen LogP contribution in [0.3, 0.4) is 0 Å². The molecule has 9 heteroatoms. The van der Waals surface area contributed by atoms with Crippen molar-refractivity contribution in [2.24, 2.45) is 0 Å². The van der Waals surface area contributed by atoms with Gasteiger partial charge in [0.05, 0.1) is 16.7 Å². The van der Waals surface area contributed by atoms with E-state index in [1.54, 1.807) is 30.3 Å². The molecule has 0 aliphatic heterocycles. The summed E-state index contributed by atoms with van der Waals surface area (Å²) in [6, 6.07) is 37.2. The third-order valence-electron chi connectivity index (χ3n) is 7.59. The number of para-hydroxylation sites is 3. The monoisotopic (exact) mass is 635 g/mol. The molecule has 236 valence electrons. The van der Waals surface area contributed by atoms with Gasteiger partial charge in [-0.15, -0.1) is 0 Å². The van der Waals surface area contributed by atoms with Crippen molar-refractivity contribution in [1.82, 2.24) is 15.0 Å². The number of ether oxygens (including phenoxy) is 3. The van der Waals surface area contributed by atoms with E-state index in [0.717, 1.165) is 0 Å². The summed E-state index contributed by atoms with van der Waals surface area (Å²) in [6.07, 6.45) is 2.01. The van der Waals surface area contributed by atoms with E-state index in [-0.39, 0.29) is 57.9 Å². The maximum Gasteiger partial charge on any atom is 0.167 e. The van der Waals surface area contributed by atoms with Crippen LogP contribution >= 0.6 is 0 Å². The molecule has 2 N–H and O–H groups in total. The van der Waals surface area contributed by atoms with Gasteiger partial charge >= 0.3 is 0 Å². The Hall–Kier alpha value is -6.48. The lowest BCUT2D eigenvalue weighted by Gasteiger charge is -2.21. The van der Waals surface area contributed by atoms with Crippen LogP contribution < -0.4 is 14.2 Å². The highest BCUT2D eigenvalue weighted by molar-refractivity contribution is 6.20. The molecule has 1 aromatic heterocycles. The van der Waals surface area contributed by atoms with E-state index in [1.165, 1.54) is 12.1 Å². The molecule has 6 aromatic rings. The van der Waals surface area contributed by atoms with E-state index < -0.39 is 6.10 Å². The van der Waals surface area contributed by atoms with Crippen molar-refractivity contribution in [3.8, 4) is 63.0 Å². The summed E-state index contributed by atoms with van der Waals surface area (Å²) in [6.45, 7) is 0. The Kier molecular flexibility index (Phi) is 8.48. The van der Waals surface area contributed by atoms with Crippen molar-refractivity contribution in [1.29, 1.82) is 0 Å². The first-order chi connectivity index (χ1) is 23.5. The Morgan fingerprint density at radius 1 is 0.542 bits per heavy atom. The molecule has 0 saturated carbocycles. The summed E-state index contributed by atoms with van der Waals surface area (Å²) < 4.78 is 18.2. The van der Waals surface area contributed by atoms with Gasteiger partial charge in [-0.3, -0.25) is 4.79 Å². The molecule has 1 heterocycles. The highest BCUT2D eigenvalue weighted by atomic mass is 16.5. The van der Waals surface area contributed by atoms with Gasteiger partial charge in [-0.25, -0.2) is 15.0 Å². The second kappa shape index (κ2) is 13.5. The maximum atomic E-state index is 13.4. The number of carbonyl (C=O) groups excluding carboxylic acids is 1. The zero-order chi connectivity index (χ0) is 32.9. The fraction of sp³-hybridized carbons (Fsp3) is 0.0769. The lowest BCUT2D eigenvalue weighted by molar-refractivity contribution is -0.114. The fourth-order valence-electron chi connectivity index (χ4n) is 5.24. The lowest BCUT2D eigenvalue weighted by Crippen LogP contribution is -2.23. The van der Waals surface area contributed by atoms with Gasteiger partial charge in [0.25, 0.3) is 0 Å². The Morgan fingerprint density at radius 3 is 1.50 bits per heavy atom. The maximum absolute atomic E-state index is 13.4. The molecule has 7 rings (SSSR count). The molecule has 0 radical (unpaired) electrons. The number of ketones is 1. The molecule has 0 bridgehead atoms. The van der Waals surface area contributed by atoms with Crippen LogP contribution in [0, 0.1) is 0 Å². The minimum atomic E-state index is -0.407. The molecular weight excluding hydrogens is 606 g/mol. The molecule has 48 heavy (non-hydrogen) atoms. The van der Waals surface area contributed by atoms with Crippen LogP contribution in [0.2, 0.25) is 0 Å². The van der Waals surface area contributed by atoms with E-state index in [0.29, 0.717) is 35.2 Å². The Balaban J connectivity index is 1.34. The Morgan fingerprint density at radius 2 is 1.00 bits per heavy atom. The number of hydrogen-bond donors (Lipinski definition) is 2. The summed E-state index contributed by atoms with van der Waals surface area (Å²) in [5, 5.41) is 22.0. The summed E-state index contributed by atoms with van der Waals surface area (Å²) in [7, 11) is 0. The minimum absolute atomic E-state index is 0.0691. The third-order valence-corrected chi connectivity index (χ3v) is 7.59. The van der Waals surface area contributed by atoms with Gasteiger partial charge < -0.3 is 24.4 Å². The zero-order valence-electron chi connectivity index (χ0n) is 25.6. The summed E-state index contributed by atoms with van der Waals surface area (Å²) >= 11 is 0. The fourth-order valence-corrected chi connectivity index (χ4v) is 5.24. The van der Waals surface area contributed by atoms with E-state index in [4.69, 9.17) is 14.2 Å². The first-order valence-corrected chi connectivity index (χ1v) is 15.3. The summed E-state index contributed by atoms with van der Waals surface area (Å²) in [5.41, 5.74) is 0.732. The summed E-state index contributed by atoms with van der Waals surface area (Å²) in [4.78, 5) is 27.4. The quantitative estimate of drug-likeness (QED) is 0.161. The molecule has 0 amide bonds. The van der Waals surface area contributed by atoms with Crippen LogP contribution in [0.1, 0.15) is 18.7 Å². The lowest BCUT2D eigenvalue weighted by atomic mass is 9.95. The van der Waals surface area contributed by atoms with Crippen LogP contribution in [0.15, 0.2) is 133 Å². The predicted molar refractivity (Wildman–Crippen MR) is 180 cm³/mol. The number of Topliss-reactive ketones (excluding diaryl/α,β-unsaturated/α-hetero) is 1. The first-order valence-electron chi connectivity index (χ1n) is 15.3. The highest BCUT2D eigenvalue weighted by Crippen LogP contribution is 2.37. The Labute approximate surface area is 276 Å². The topological polar surface area (TPSA) is 124 Å². The SMILES string of the molecule is O=C1CCC(Oc2ccccc2)C=C1c1nc(-c2cc(Oc3ccccc3)ccc2O)nc(-c2cc(Oc3ccccc3)ccc2O)n1. The predicted octanol–water partition coefficient (Wildman–Crippen LogP) is 8.40. The van der Waals surface area contributed by atoms with Crippen molar-refractivity contribution in [3.63, 3.8) is 0 Å². The smallest absolute Gasteiger partial charge is 0.167 e. The van der Waals surface area contributed by atoms with Crippen LogP contribution in [0.25, 0.3) is 28.3 Å². The first kappa shape index (κ1) is 30.2. The van der Waals surface area contributed by atoms with Gasteiger partial charge in [0, 0.05) is 6.42 Å². The van der Waals surface area contributed by atoms with Crippen LogP contribution in [0.5, 0.6) is 40.2 Å². The molecule has 0 fully saturated rings. The van der Waals surface area contributed by atoms with Gasteiger partial charge in [-0.05, 0) is 85.3 Å². The van der Waals surface area contributed by atoms with Crippen molar-refractivity contribution in [2.45, 2.75) is 18.9 Å². The van der Waals surface area contributed by atoms with Gasteiger partial charge in [0.15, 0.2) is 23.3 Å². The van der Waals surface area contributed by atoms with E-state index in [1.807, 2.05) is 91.0 Å². The van der Waals surface area contributed by atoms with Crippen molar-refractivity contribution < 1.29 is 29.2 Å². The molecule has 5 aromatic carbocycles. The molecule has 9 nitrogen and oxygen atoms in total. The van der Waals surface area contributed by atoms with Crippen LogP contribution in [-0.2, 0) is 4.79 Å². The number of carbonyl (C=O) groups is 1. The second-order valence-electron chi connectivity index (χ2n) is 11.0. The number of phenolic OH excluding ortho intramolecular Hbond substituents is 2. The number of aromatic nitrogens is 3. The number of nitrogens with zero attached hydrogens (tertiary/aromatic N) is 3. The Bertz CT molecular complexity index is 2000. The van der Waals surface area contributed by atoms with Gasteiger partial charge in [0.1, 0.15) is 46.4 Å². The zero-order valence-corrected chi connectivity index (χ0v) is 25.6. The van der Waals surface area contributed by atoms with Gasteiger partial charge in [-0.1, -0.05) is 54.6 Å². The third kappa shape index (κ3) is 6.85. The molecule has 1 unspecified atom stereocenters. The van der Waals surface area contributed by atoms with E-state index >= 15 is 0 Å². The highest BCUT2D eigenvalue weighted by Gasteiger charge is 2.27. The molecule has 1 aliphatic rings. The molecule has 0 spiro atoms. The van der Waals surface area contributed by atoms with Gasteiger partial charge in [0.2, 0.25) is 0 Å². The van der Waals surface area contributed by atoms with E-state index in [9.17, 15) is 15.0 Å². The molecular formula is C39H29N3O6. The number of benzene rings is 5. The van der Waals surface area contributed by atoms with Gasteiger partial charge in [-0.2, -0.15) is 0 Å². The second-order valence-corrected chi connectivity index (χ2v) is 11.0. The molecule has 0 saturated heterocycles.